The van der Waals surface area contributed by atoms with Gasteiger partial charge in [-0.1, -0.05) is 54.1 Å². The highest BCUT2D eigenvalue weighted by molar-refractivity contribution is 6.30. The van der Waals surface area contributed by atoms with Gasteiger partial charge in [0.1, 0.15) is 0 Å². The second-order valence-electron chi connectivity index (χ2n) is 6.74. The van der Waals surface area contributed by atoms with E-state index in [1.807, 2.05) is 59.5 Å². The van der Waals surface area contributed by atoms with Gasteiger partial charge in [0.25, 0.3) is 0 Å². The first-order chi connectivity index (χ1) is 12.6. The lowest BCUT2D eigenvalue weighted by molar-refractivity contribution is -0.133. The number of aliphatic hydroxyl groups is 1. The molecule has 1 heterocycles. The molecule has 1 aliphatic heterocycles. The van der Waals surface area contributed by atoms with Gasteiger partial charge in [-0.25, -0.2) is 0 Å². The van der Waals surface area contributed by atoms with Crippen molar-refractivity contribution < 1.29 is 9.90 Å². The minimum atomic E-state index is -0.485. The van der Waals surface area contributed by atoms with Crippen LogP contribution < -0.4 is 0 Å². The molecule has 0 bridgehead atoms. The summed E-state index contributed by atoms with van der Waals surface area (Å²) in [5.41, 5.74) is 2.03. The molecule has 0 saturated carbocycles. The Morgan fingerprint density at radius 3 is 2.46 bits per heavy atom. The molecular weight excluding hydrogens is 348 g/mol. The Morgan fingerprint density at radius 2 is 1.77 bits per heavy atom. The number of piperazine rings is 1. The fraction of sp³-hybridized carbons (Fsp3) is 0.381. The van der Waals surface area contributed by atoms with Crippen LogP contribution in [0.2, 0.25) is 5.02 Å². The minimum absolute atomic E-state index is 0.188. The monoisotopic (exact) mass is 372 g/mol. The lowest BCUT2D eigenvalue weighted by atomic mass is 10.1. The van der Waals surface area contributed by atoms with Crippen molar-refractivity contribution in [3.05, 3.63) is 70.7 Å². The van der Waals surface area contributed by atoms with E-state index in [9.17, 15) is 9.90 Å². The van der Waals surface area contributed by atoms with Crippen LogP contribution in [-0.2, 0) is 11.2 Å². The summed E-state index contributed by atoms with van der Waals surface area (Å²) in [5, 5.41) is 11.1. The SMILES string of the molecule is O=C(CCc1cccc(Cl)c1)N1CCN(CC(O)c2ccccc2)CC1. The summed E-state index contributed by atoms with van der Waals surface area (Å²) in [7, 11) is 0. The van der Waals surface area contributed by atoms with Gasteiger partial charge in [0, 0.05) is 44.2 Å². The Labute approximate surface area is 160 Å². The number of nitrogens with zero attached hydrogens (tertiary/aromatic N) is 2. The first kappa shape index (κ1) is 18.9. The predicted molar refractivity (Wildman–Crippen MR) is 104 cm³/mol. The number of rotatable bonds is 6. The molecule has 1 atom stereocenters. The highest BCUT2D eigenvalue weighted by atomic mass is 35.5. The Bertz CT molecular complexity index is 715. The quantitative estimate of drug-likeness (QED) is 0.847. The van der Waals surface area contributed by atoms with Crippen molar-refractivity contribution >= 4 is 17.5 Å². The van der Waals surface area contributed by atoms with Gasteiger partial charge < -0.3 is 10.0 Å². The molecule has 2 aromatic rings. The van der Waals surface area contributed by atoms with Gasteiger partial charge in [-0.05, 0) is 29.7 Å². The van der Waals surface area contributed by atoms with Crippen molar-refractivity contribution in [3.63, 3.8) is 0 Å². The van der Waals surface area contributed by atoms with Crippen molar-refractivity contribution in [2.24, 2.45) is 0 Å². The lowest BCUT2D eigenvalue weighted by Crippen LogP contribution is -2.49. The second-order valence-corrected chi connectivity index (χ2v) is 7.17. The topological polar surface area (TPSA) is 43.8 Å². The summed E-state index contributed by atoms with van der Waals surface area (Å²) in [5.74, 6) is 0.188. The van der Waals surface area contributed by atoms with Crippen LogP contribution in [-0.4, -0.2) is 53.5 Å². The van der Waals surface area contributed by atoms with Crippen LogP contribution in [0.5, 0.6) is 0 Å². The number of benzene rings is 2. The van der Waals surface area contributed by atoms with Crippen LogP contribution in [0.15, 0.2) is 54.6 Å². The van der Waals surface area contributed by atoms with E-state index in [1.54, 1.807) is 0 Å². The molecule has 4 nitrogen and oxygen atoms in total. The zero-order chi connectivity index (χ0) is 18.4. The van der Waals surface area contributed by atoms with Crippen LogP contribution in [0.4, 0.5) is 0 Å². The van der Waals surface area contributed by atoms with E-state index in [1.165, 1.54) is 0 Å². The molecule has 0 aliphatic carbocycles. The minimum Gasteiger partial charge on any atom is -0.387 e. The molecule has 26 heavy (non-hydrogen) atoms. The van der Waals surface area contributed by atoms with E-state index in [4.69, 9.17) is 11.6 Å². The number of halogens is 1. The summed E-state index contributed by atoms with van der Waals surface area (Å²) in [6.07, 6.45) is 0.737. The van der Waals surface area contributed by atoms with Gasteiger partial charge in [0.15, 0.2) is 0 Å². The van der Waals surface area contributed by atoms with E-state index < -0.39 is 6.10 Å². The van der Waals surface area contributed by atoms with Crippen LogP contribution in [0.25, 0.3) is 0 Å². The van der Waals surface area contributed by atoms with Crippen LogP contribution in [0.1, 0.15) is 23.7 Å². The molecule has 0 aromatic heterocycles. The Morgan fingerprint density at radius 1 is 1.04 bits per heavy atom. The molecule has 1 amide bonds. The molecule has 1 fully saturated rings. The molecule has 138 valence electrons. The number of carbonyl (C=O) groups excluding carboxylic acids is 1. The maximum atomic E-state index is 12.4. The molecule has 2 aromatic carbocycles. The highest BCUT2D eigenvalue weighted by Crippen LogP contribution is 2.16. The smallest absolute Gasteiger partial charge is 0.222 e. The van der Waals surface area contributed by atoms with E-state index >= 15 is 0 Å². The van der Waals surface area contributed by atoms with Crippen molar-refractivity contribution in [2.45, 2.75) is 18.9 Å². The first-order valence-corrected chi connectivity index (χ1v) is 9.47. The van der Waals surface area contributed by atoms with E-state index in [2.05, 4.69) is 4.90 Å². The maximum absolute atomic E-state index is 12.4. The van der Waals surface area contributed by atoms with Crippen LogP contribution in [0.3, 0.4) is 0 Å². The molecule has 1 unspecified atom stereocenters. The zero-order valence-corrected chi connectivity index (χ0v) is 15.6. The fourth-order valence-electron chi connectivity index (χ4n) is 3.31. The second kappa shape index (κ2) is 9.17. The third-order valence-electron chi connectivity index (χ3n) is 4.86. The number of carbonyl (C=O) groups is 1. The van der Waals surface area contributed by atoms with Gasteiger partial charge in [-0.3, -0.25) is 9.69 Å². The number of aliphatic hydroxyl groups excluding tert-OH is 1. The molecule has 3 rings (SSSR count). The van der Waals surface area contributed by atoms with Gasteiger partial charge in [-0.15, -0.1) is 0 Å². The van der Waals surface area contributed by atoms with Gasteiger partial charge in [-0.2, -0.15) is 0 Å². The fourth-order valence-corrected chi connectivity index (χ4v) is 3.52. The number of aryl methyl sites for hydroxylation is 1. The zero-order valence-electron chi connectivity index (χ0n) is 14.9. The molecular formula is C21H25ClN2O2. The number of hydrogen-bond donors (Lipinski definition) is 1. The molecule has 0 radical (unpaired) electrons. The molecule has 0 spiro atoms. The van der Waals surface area contributed by atoms with Gasteiger partial charge in [0.05, 0.1) is 6.10 Å². The van der Waals surface area contributed by atoms with Crippen LogP contribution in [0, 0.1) is 0 Å². The lowest BCUT2D eigenvalue weighted by Gasteiger charge is -2.35. The van der Waals surface area contributed by atoms with E-state index in [-0.39, 0.29) is 5.91 Å². The molecule has 1 aliphatic rings. The van der Waals surface area contributed by atoms with Gasteiger partial charge in [0.2, 0.25) is 5.91 Å². The third-order valence-corrected chi connectivity index (χ3v) is 5.09. The van der Waals surface area contributed by atoms with Crippen molar-refractivity contribution in [2.75, 3.05) is 32.7 Å². The summed E-state index contributed by atoms with van der Waals surface area (Å²) in [6, 6.07) is 17.4. The Hall–Kier alpha value is -1.88. The van der Waals surface area contributed by atoms with E-state index in [0.29, 0.717) is 24.4 Å². The largest absolute Gasteiger partial charge is 0.387 e. The number of hydrogen-bond acceptors (Lipinski definition) is 3. The van der Waals surface area contributed by atoms with E-state index in [0.717, 1.165) is 37.3 Å². The Kier molecular flexibility index (Phi) is 6.67. The summed E-state index contributed by atoms with van der Waals surface area (Å²) >= 11 is 5.99. The first-order valence-electron chi connectivity index (χ1n) is 9.09. The molecule has 5 heteroatoms. The average Bonchev–Trinajstić information content (AvgIpc) is 2.67. The van der Waals surface area contributed by atoms with Crippen LogP contribution >= 0.6 is 11.6 Å². The number of amides is 1. The summed E-state index contributed by atoms with van der Waals surface area (Å²) in [4.78, 5) is 16.6. The normalized spacial score (nSPS) is 16.5. The maximum Gasteiger partial charge on any atom is 0.222 e. The molecule has 1 N–H and O–H groups in total. The van der Waals surface area contributed by atoms with Gasteiger partial charge >= 0.3 is 0 Å². The average molecular weight is 373 g/mol. The van der Waals surface area contributed by atoms with Crippen molar-refractivity contribution in [1.29, 1.82) is 0 Å². The molecule has 1 saturated heterocycles. The number of β-amino-alcohol motifs (C(OH)–C–C–N with tert-alkyl or cyclic N) is 1. The highest BCUT2D eigenvalue weighted by Gasteiger charge is 2.22. The third kappa shape index (κ3) is 5.31. The van der Waals surface area contributed by atoms with Crippen molar-refractivity contribution in [3.8, 4) is 0 Å². The standard InChI is InChI=1S/C21H25ClN2O2/c22-19-8-4-5-17(15-19)9-10-21(26)24-13-11-23(12-14-24)16-20(25)18-6-2-1-3-7-18/h1-8,15,20,25H,9-14,16H2. The predicted octanol–water partition coefficient (Wildman–Crippen LogP) is 3.15. The Balaban J connectivity index is 1.42. The summed E-state index contributed by atoms with van der Waals surface area (Å²) < 4.78 is 0. The van der Waals surface area contributed by atoms with Crippen molar-refractivity contribution in [1.82, 2.24) is 9.80 Å². The summed E-state index contributed by atoms with van der Waals surface area (Å²) in [6.45, 7) is 3.64.